The number of pyridine rings is 1. The zero-order chi connectivity index (χ0) is 31.2. The van der Waals surface area contributed by atoms with Crippen LogP contribution in [0.4, 0.5) is 0 Å². The highest BCUT2D eigenvalue weighted by Gasteiger charge is 2.21. The van der Waals surface area contributed by atoms with Crippen molar-refractivity contribution in [1.29, 1.82) is 0 Å². The number of aromatic nitrogens is 3. The SMILES string of the molecule is c1ccc(-c2cccc(-c3cc(-c4ccccc4)nc(-c4ccccc4-c4c5ccccc5nc5c4oc4ccccc45)n3)c2)cc1. The lowest BCUT2D eigenvalue weighted by Crippen LogP contribution is -1.98. The Balaban J connectivity index is 1.31. The number of rotatable bonds is 5. The Morgan fingerprint density at radius 3 is 1.81 bits per heavy atom. The molecule has 220 valence electrons. The molecular formula is C43H27N3O. The normalized spacial score (nSPS) is 11.4. The number of hydrogen-bond acceptors (Lipinski definition) is 4. The second-order valence-electron chi connectivity index (χ2n) is 11.6. The van der Waals surface area contributed by atoms with Crippen molar-refractivity contribution in [2.45, 2.75) is 0 Å². The molecule has 0 spiro atoms. The molecule has 0 radical (unpaired) electrons. The van der Waals surface area contributed by atoms with Gasteiger partial charge in [0.2, 0.25) is 0 Å². The van der Waals surface area contributed by atoms with Gasteiger partial charge in [-0.2, -0.15) is 0 Å². The maximum absolute atomic E-state index is 6.57. The highest BCUT2D eigenvalue weighted by Crippen LogP contribution is 2.43. The molecule has 3 heterocycles. The summed E-state index contributed by atoms with van der Waals surface area (Å²) in [5.74, 6) is 0.646. The third-order valence-corrected chi connectivity index (χ3v) is 8.70. The van der Waals surface area contributed by atoms with E-state index in [1.54, 1.807) is 0 Å². The largest absolute Gasteiger partial charge is 0.454 e. The van der Waals surface area contributed by atoms with Gasteiger partial charge in [0.25, 0.3) is 0 Å². The Bertz CT molecular complexity index is 2570. The fraction of sp³-hybridized carbons (Fsp3) is 0. The third-order valence-electron chi connectivity index (χ3n) is 8.70. The summed E-state index contributed by atoms with van der Waals surface area (Å²) >= 11 is 0. The van der Waals surface area contributed by atoms with Gasteiger partial charge in [0.05, 0.1) is 16.9 Å². The summed E-state index contributed by atoms with van der Waals surface area (Å²) in [7, 11) is 0. The van der Waals surface area contributed by atoms with Crippen molar-refractivity contribution in [2.24, 2.45) is 0 Å². The number of nitrogens with zero attached hydrogens (tertiary/aromatic N) is 3. The van der Waals surface area contributed by atoms with E-state index in [9.17, 15) is 0 Å². The molecule has 9 rings (SSSR count). The first kappa shape index (κ1) is 27.0. The Labute approximate surface area is 271 Å². The quantitative estimate of drug-likeness (QED) is 0.197. The summed E-state index contributed by atoms with van der Waals surface area (Å²) in [5.41, 5.74) is 12.3. The molecule has 0 unspecified atom stereocenters. The van der Waals surface area contributed by atoms with E-state index < -0.39 is 0 Å². The summed E-state index contributed by atoms with van der Waals surface area (Å²) < 4.78 is 6.57. The first-order valence-corrected chi connectivity index (χ1v) is 15.7. The summed E-state index contributed by atoms with van der Waals surface area (Å²) in [4.78, 5) is 15.5. The van der Waals surface area contributed by atoms with Gasteiger partial charge in [0.15, 0.2) is 11.4 Å². The summed E-state index contributed by atoms with van der Waals surface area (Å²) in [6.07, 6.45) is 0. The molecule has 0 saturated heterocycles. The highest BCUT2D eigenvalue weighted by molar-refractivity contribution is 6.16. The molecule has 0 bridgehead atoms. The third kappa shape index (κ3) is 4.75. The van der Waals surface area contributed by atoms with Gasteiger partial charge in [0, 0.05) is 33.0 Å². The number of furan rings is 1. The van der Waals surface area contributed by atoms with E-state index in [1.807, 2.05) is 54.6 Å². The van der Waals surface area contributed by atoms with Crippen molar-refractivity contribution in [3.63, 3.8) is 0 Å². The minimum atomic E-state index is 0.646. The van der Waals surface area contributed by atoms with E-state index in [1.165, 1.54) is 0 Å². The van der Waals surface area contributed by atoms with Gasteiger partial charge in [-0.1, -0.05) is 133 Å². The summed E-state index contributed by atoms with van der Waals surface area (Å²) in [5, 5.41) is 2.01. The van der Waals surface area contributed by atoms with E-state index in [4.69, 9.17) is 19.4 Å². The summed E-state index contributed by atoms with van der Waals surface area (Å²) in [6.45, 7) is 0. The molecular weight excluding hydrogens is 574 g/mol. The van der Waals surface area contributed by atoms with Crippen molar-refractivity contribution in [2.75, 3.05) is 0 Å². The number of hydrogen-bond donors (Lipinski definition) is 0. The van der Waals surface area contributed by atoms with Crippen molar-refractivity contribution >= 4 is 33.0 Å². The van der Waals surface area contributed by atoms with Gasteiger partial charge in [-0.25, -0.2) is 15.0 Å². The molecule has 4 nitrogen and oxygen atoms in total. The van der Waals surface area contributed by atoms with Crippen molar-refractivity contribution in [3.8, 4) is 56.2 Å². The standard InChI is InChI=1S/C43H27N3O/c1-3-14-28(15-4-1)30-18-13-19-31(26-30)38-27-37(29-16-5-2-6-17-29)45-43(46-38)33-21-8-7-20-32(33)40-34-22-9-11-24-36(34)44-41-35-23-10-12-25-39(35)47-42(40)41/h1-27H. The molecule has 0 N–H and O–H groups in total. The topological polar surface area (TPSA) is 51.8 Å². The van der Waals surface area contributed by atoms with Gasteiger partial charge in [-0.15, -0.1) is 0 Å². The maximum Gasteiger partial charge on any atom is 0.162 e. The van der Waals surface area contributed by atoms with Gasteiger partial charge < -0.3 is 4.42 Å². The zero-order valence-corrected chi connectivity index (χ0v) is 25.3. The van der Waals surface area contributed by atoms with Crippen LogP contribution in [0, 0.1) is 0 Å². The first-order valence-electron chi connectivity index (χ1n) is 15.7. The molecule has 9 aromatic rings. The summed E-state index contributed by atoms with van der Waals surface area (Å²) in [6, 6.07) is 56.1. The molecule has 0 saturated carbocycles. The van der Waals surface area contributed by atoms with E-state index in [-0.39, 0.29) is 0 Å². The lowest BCUT2D eigenvalue weighted by Gasteiger charge is -2.14. The average molecular weight is 602 g/mol. The van der Waals surface area contributed by atoms with Crippen LogP contribution >= 0.6 is 0 Å². The van der Waals surface area contributed by atoms with Crippen LogP contribution in [0.15, 0.2) is 168 Å². The molecule has 0 aliphatic heterocycles. The number of benzene rings is 6. The van der Waals surface area contributed by atoms with Gasteiger partial charge >= 0.3 is 0 Å². The van der Waals surface area contributed by atoms with Crippen molar-refractivity contribution < 1.29 is 4.42 Å². The molecule has 0 amide bonds. The van der Waals surface area contributed by atoms with Gasteiger partial charge in [0.1, 0.15) is 11.1 Å². The zero-order valence-electron chi connectivity index (χ0n) is 25.3. The van der Waals surface area contributed by atoms with Crippen LogP contribution in [-0.2, 0) is 0 Å². The van der Waals surface area contributed by atoms with Crippen LogP contribution in [0.25, 0.3) is 89.1 Å². The fourth-order valence-corrected chi connectivity index (χ4v) is 6.46. The van der Waals surface area contributed by atoms with E-state index in [0.29, 0.717) is 5.82 Å². The molecule has 3 aromatic heterocycles. The Morgan fingerprint density at radius 1 is 0.404 bits per heavy atom. The second kappa shape index (κ2) is 11.2. The van der Waals surface area contributed by atoms with Gasteiger partial charge in [-0.05, 0) is 47.0 Å². The molecule has 47 heavy (non-hydrogen) atoms. The first-order chi connectivity index (χ1) is 23.3. The molecule has 0 aliphatic rings. The van der Waals surface area contributed by atoms with E-state index in [2.05, 4.69) is 109 Å². The Hall–Kier alpha value is -6.39. The lowest BCUT2D eigenvalue weighted by molar-refractivity contribution is 0.670. The molecule has 0 aliphatic carbocycles. The Kier molecular flexibility index (Phi) is 6.43. The van der Waals surface area contributed by atoms with Crippen molar-refractivity contribution in [1.82, 2.24) is 15.0 Å². The van der Waals surface area contributed by atoms with Crippen LogP contribution < -0.4 is 0 Å². The van der Waals surface area contributed by atoms with Gasteiger partial charge in [-0.3, -0.25) is 0 Å². The molecule has 0 atom stereocenters. The monoisotopic (exact) mass is 601 g/mol. The van der Waals surface area contributed by atoms with Crippen LogP contribution in [0.2, 0.25) is 0 Å². The second-order valence-corrected chi connectivity index (χ2v) is 11.6. The average Bonchev–Trinajstić information content (AvgIpc) is 3.52. The van der Waals surface area contributed by atoms with Crippen LogP contribution in [0.3, 0.4) is 0 Å². The minimum absolute atomic E-state index is 0.646. The van der Waals surface area contributed by atoms with E-state index in [0.717, 1.165) is 83.3 Å². The molecule has 6 aromatic carbocycles. The van der Waals surface area contributed by atoms with Crippen LogP contribution in [-0.4, -0.2) is 15.0 Å². The van der Waals surface area contributed by atoms with Crippen molar-refractivity contribution in [3.05, 3.63) is 164 Å². The predicted molar refractivity (Wildman–Crippen MR) is 192 cm³/mol. The number of para-hydroxylation sites is 2. The van der Waals surface area contributed by atoms with Crippen LogP contribution in [0.5, 0.6) is 0 Å². The fourth-order valence-electron chi connectivity index (χ4n) is 6.46. The maximum atomic E-state index is 6.57. The highest BCUT2D eigenvalue weighted by atomic mass is 16.3. The smallest absolute Gasteiger partial charge is 0.162 e. The lowest BCUT2D eigenvalue weighted by atomic mass is 9.94. The number of fused-ring (bicyclic) bond motifs is 4. The molecule has 0 fully saturated rings. The molecule has 4 heteroatoms. The Morgan fingerprint density at radius 2 is 1.00 bits per heavy atom. The van der Waals surface area contributed by atoms with Crippen LogP contribution in [0.1, 0.15) is 0 Å². The predicted octanol–water partition coefficient (Wildman–Crippen LogP) is 11.3. The minimum Gasteiger partial charge on any atom is -0.454 e. The van der Waals surface area contributed by atoms with E-state index >= 15 is 0 Å².